The summed E-state index contributed by atoms with van der Waals surface area (Å²) in [4.78, 5) is 9.08. The van der Waals surface area contributed by atoms with Crippen LogP contribution in [0, 0.1) is 13.8 Å². The SMILES string of the molecule is Cc1cc(C)n2ncc(CNCc3ccc(-c4ccco4)cn3)c2n1. The van der Waals surface area contributed by atoms with Gasteiger partial charge in [0.1, 0.15) is 5.76 Å². The average Bonchev–Trinajstić information content (AvgIpc) is 3.26. The van der Waals surface area contributed by atoms with Gasteiger partial charge in [-0.3, -0.25) is 4.98 Å². The molecule has 0 amide bonds. The Kier molecular flexibility index (Phi) is 4.03. The fourth-order valence-electron chi connectivity index (χ4n) is 2.88. The number of pyridine rings is 1. The third-order valence-corrected chi connectivity index (χ3v) is 4.10. The number of nitrogens with zero attached hydrogens (tertiary/aromatic N) is 4. The number of hydrogen-bond donors (Lipinski definition) is 1. The summed E-state index contributed by atoms with van der Waals surface area (Å²) < 4.78 is 7.25. The molecular weight excluding hydrogens is 314 g/mol. The van der Waals surface area contributed by atoms with Crippen molar-refractivity contribution in [3.8, 4) is 11.3 Å². The topological polar surface area (TPSA) is 68.2 Å². The molecule has 1 N–H and O–H groups in total. The molecule has 25 heavy (non-hydrogen) atoms. The Balaban J connectivity index is 1.43. The Hall–Kier alpha value is -2.99. The van der Waals surface area contributed by atoms with Crippen LogP contribution in [0.1, 0.15) is 22.6 Å². The van der Waals surface area contributed by atoms with Gasteiger partial charge in [0.15, 0.2) is 5.65 Å². The van der Waals surface area contributed by atoms with E-state index in [0.29, 0.717) is 13.1 Å². The average molecular weight is 333 g/mol. The van der Waals surface area contributed by atoms with E-state index in [2.05, 4.69) is 20.4 Å². The highest BCUT2D eigenvalue weighted by atomic mass is 16.3. The highest BCUT2D eigenvalue weighted by molar-refractivity contribution is 5.55. The van der Waals surface area contributed by atoms with Crippen LogP contribution in [0.5, 0.6) is 0 Å². The lowest BCUT2D eigenvalue weighted by molar-refractivity contribution is 0.582. The molecule has 0 bridgehead atoms. The highest BCUT2D eigenvalue weighted by Gasteiger charge is 2.08. The van der Waals surface area contributed by atoms with Crippen molar-refractivity contribution in [3.05, 3.63) is 71.6 Å². The molecule has 126 valence electrons. The van der Waals surface area contributed by atoms with Crippen LogP contribution >= 0.6 is 0 Å². The van der Waals surface area contributed by atoms with Gasteiger partial charge >= 0.3 is 0 Å². The number of rotatable bonds is 5. The van der Waals surface area contributed by atoms with Gasteiger partial charge in [0, 0.05) is 41.8 Å². The minimum atomic E-state index is 0.681. The summed E-state index contributed by atoms with van der Waals surface area (Å²) in [6.45, 7) is 5.42. The van der Waals surface area contributed by atoms with Gasteiger partial charge in [0.25, 0.3) is 0 Å². The monoisotopic (exact) mass is 333 g/mol. The first-order valence-electron chi connectivity index (χ1n) is 8.21. The second-order valence-corrected chi connectivity index (χ2v) is 6.06. The number of nitrogens with one attached hydrogen (secondary N) is 1. The van der Waals surface area contributed by atoms with Crippen LogP contribution in [0.25, 0.3) is 17.0 Å². The fourth-order valence-corrected chi connectivity index (χ4v) is 2.88. The van der Waals surface area contributed by atoms with Crippen LogP contribution in [0.3, 0.4) is 0 Å². The van der Waals surface area contributed by atoms with Crippen LogP contribution in [-0.2, 0) is 13.1 Å². The minimum absolute atomic E-state index is 0.681. The maximum Gasteiger partial charge on any atom is 0.159 e. The van der Waals surface area contributed by atoms with E-state index >= 15 is 0 Å². The highest BCUT2D eigenvalue weighted by Crippen LogP contribution is 2.18. The Morgan fingerprint density at radius 1 is 1.12 bits per heavy atom. The van der Waals surface area contributed by atoms with Gasteiger partial charge in [0.2, 0.25) is 0 Å². The number of furan rings is 1. The van der Waals surface area contributed by atoms with Crippen molar-refractivity contribution >= 4 is 5.65 Å². The second-order valence-electron chi connectivity index (χ2n) is 6.06. The minimum Gasteiger partial charge on any atom is -0.464 e. The summed E-state index contributed by atoms with van der Waals surface area (Å²) >= 11 is 0. The van der Waals surface area contributed by atoms with Gasteiger partial charge in [-0.1, -0.05) is 0 Å². The van der Waals surface area contributed by atoms with Crippen molar-refractivity contribution in [1.82, 2.24) is 24.9 Å². The predicted molar refractivity (Wildman–Crippen MR) is 94.9 cm³/mol. The lowest BCUT2D eigenvalue weighted by Crippen LogP contribution is -2.13. The summed E-state index contributed by atoms with van der Waals surface area (Å²) in [5.41, 5.74) is 6.04. The molecule has 4 heterocycles. The number of aromatic nitrogens is 4. The van der Waals surface area contributed by atoms with Gasteiger partial charge in [-0.25, -0.2) is 9.50 Å². The van der Waals surface area contributed by atoms with Crippen molar-refractivity contribution in [2.45, 2.75) is 26.9 Å². The van der Waals surface area contributed by atoms with Gasteiger partial charge in [-0.05, 0) is 44.2 Å². The predicted octanol–water partition coefficient (Wildman–Crippen LogP) is 3.29. The quantitative estimate of drug-likeness (QED) is 0.607. The van der Waals surface area contributed by atoms with Crippen LogP contribution in [-0.4, -0.2) is 19.6 Å². The molecule has 6 heteroatoms. The third kappa shape index (κ3) is 3.16. The first kappa shape index (κ1) is 15.5. The molecule has 0 aliphatic carbocycles. The normalized spacial score (nSPS) is 11.3. The van der Waals surface area contributed by atoms with E-state index in [0.717, 1.165) is 39.6 Å². The first-order chi connectivity index (χ1) is 12.2. The van der Waals surface area contributed by atoms with E-state index in [4.69, 9.17) is 4.42 Å². The third-order valence-electron chi connectivity index (χ3n) is 4.10. The molecule has 0 aliphatic heterocycles. The number of hydrogen-bond acceptors (Lipinski definition) is 5. The van der Waals surface area contributed by atoms with E-state index in [9.17, 15) is 0 Å². The second kappa shape index (κ2) is 6.49. The van der Waals surface area contributed by atoms with E-state index in [1.54, 1.807) is 6.26 Å². The lowest BCUT2D eigenvalue weighted by atomic mass is 10.2. The van der Waals surface area contributed by atoms with Crippen LogP contribution in [0.2, 0.25) is 0 Å². The van der Waals surface area contributed by atoms with Crippen molar-refractivity contribution in [3.63, 3.8) is 0 Å². The van der Waals surface area contributed by atoms with Crippen molar-refractivity contribution < 1.29 is 4.42 Å². The van der Waals surface area contributed by atoms with Gasteiger partial charge in [-0.15, -0.1) is 0 Å². The van der Waals surface area contributed by atoms with Gasteiger partial charge < -0.3 is 9.73 Å². The molecule has 0 saturated carbocycles. The molecular formula is C19H19N5O. The molecule has 4 aromatic rings. The summed E-state index contributed by atoms with van der Waals surface area (Å²) in [5.74, 6) is 0.829. The summed E-state index contributed by atoms with van der Waals surface area (Å²) in [6.07, 6.45) is 5.37. The van der Waals surface area contributed by atoms with E-state index < -0.39 is 0 Å². The van der Waals surface area contributed by atoms with Gasteiger partial charge in [-0.2, -0.15) is 5.10 Å². The summed E-state index contributed by atoms with van der Waals surface area (Å²) in [7, 11) is 0. The molecule has 0 fully saturated rings. The zero-order valence-electron chi connectivity index (χ0n) is 14.2. The number of fused-ring (bicyclic) bond motifs is 1. The molecule has 4 aromatic heterocycles. The molecule has 0 saturated heterocycles. The fraction of sp³-hybridized carbons (Fsp3) is 0.211. The van der Waals surface area contributed by atoms with Crippen molar-refractivity contribution in [2.24, 2.45) is 0 Å². The largest absolute Gasteiger partial charge is 0.464 e. The molecule has 0 radical (unpaired) electrons. The molecule has 4 rings (SSSR count). The first-order valence-corrected chi connectivity index (χ1v) is 8.21. The Morgan fingerprint density at radius 3 is 2.80 bits per heavy atom. The zero-order chi connectivity index (χ0) is 17.2. The summed E-state index contributed by atoms with van der Waals surface area (Å²) in [5, 5.41) is 7.82. The zero-order valence-corrected chi connectivity index (χ0v) is 14.2. The smallest absolute Gasteiger partial charge is 0.159 e. The lowest BCUT2D eigenvalue weighted by Gasteiger charge is -2.05. The van der Waals surface area contributed by atoms with Crippen molar-refractivity contribution in [1.29, 1.82) is 0 Å². The Morgan fingerprint density at radius 2 is 2.04 bits per heavy atom. The van der Waals surface area contributed by atoms with Crippen LogP contribution < -0.4 is 5.32 Å². The Labute approximate surface area is 145 Å². The Bertz CT molecular complexity index is 987. The van der Waals surface area contributed by atoms with E-state index in [-0.39, 0.29) is 0 Å². The maximum absolute atomic E-state index is 5.38. The molecule has 0 unspecified atom stereocenters. The molecule has 6 nitrogen and oxygen atoms in total. The molecule has 0 spiro atoms. The number of aryl methyl sites for hydroxylation is 2. The molecule has 0 aliphatic rings. The van der Waals surface area contributed by atoms with Crippen LogP contribution in [0.15, 0.2) is 53.4 Å². The molecule has 0 atom stereocenters. The van der Waals surface area contributed by atoms with E-state index in [1.807, 2.05) is 61.1 Å². The maximum atomic E-state index is 5.38. The standard InChI is InChI=1S/C19H19N5O/c1-13-8-14(2)24-19(23-13)16(11-22-24)9-20-12-17-6-5-15(10-21-17)18-4-3-7-25-18/h3-8,10-11,20H,9,12H2,1-2H3. The van der Waals surface area contributed by atoms with Gasteiger partial charge in [0.05, 0.1) is 18.2 Å². The molecule has 0 aromatic carbocycles. The van der Waals surface area contributed by atoms with Crippen LogP contribution in [0.4, 0.5) is 0 Å². The van der Waals surface area contributed by atoms with E-state index in [1.165, 1.54) is 0 Å². The summed E-state index contributed by atoms with van der Waals surface area (Å²) in [6, 6.07) is 9.86. The van der Waals surface area contributed by atoms with Crippen molar-refractivity contribution in [2.75, 3.05) is 0 Å².